The molecule has 0 radical (unpaired) electrons. The van der Waals surface area contributed by atoms with Gasteiger partial charge in [0.2, 0.25) is 5.95 Å². The minimum absolute atomic E-state index is 0.162. The van der Waals surface area contributed by atoms with Gasteiger partial charge in [0.25, 0.3) is 0 Å². The summed E-state index contributed by atoms with van der Waals surface area (Å²) < 4.78 is 4.02. The Morgan fingerprint density at radius 2 is 1.97 bits per heavy atom. The molecule has 1 aromatic carbocycles. The summed E-state index contributed by atoms with van der Waals surface area (Å²) >= 11 is 0. The van der Waals surface area contributed by atoms with Gasteiger partial charge in [-0.1, -0.05) is 37.3 Å². The fourth-order valence-corrected chi connectivity index (χ4v) is 4.94. The summed E-state index contributed by atoms with van der Waals surface area (Å²) in [6.07, 6.45) is 11.7. The van der Waals surface area contributed by atoms with Crippen molar-refractivity contribution in [2.45, 2.75) is 38.1 Å². The van der Waals surface area contributed by atoms with Gasteiger partial charge in [0.05, 0.1) is 6.20 Å². The zero-order valence-corrected chi connectivity index (χ0v) is 16.8. The molecule has 8 heteroatoms. The molecule has 1 atom stereocenters. The zero-order valence-electron chi connectivity index (χ0n) is 16.8. The minimum atomic E-state index is -0.162. The summed E-state index contributed by atoms with van der Waals surface area (Å²) in [5.41, 5.74) is 1.81. The van der Waals surface area contributed by atoms with E-state index >= 15 is 0 Å². The van der Waals surface area contributed by atoms with Crippen LogP contribution in [0, 0.1) is 0 Å². The van der Waals surface area contributed by atoms with Crippen LogP contribution in [0.2, 0.25) is 0 Å². The number of benzene rings is 1. The van der Waals surface area contributed by atoms with Gasteiger partial charge in [-0.25, -0.2) is 9.97 Å². The molecule has 4 aromatic rings. The van der Waals surface area contributed by atoms with E-state index in [1.165, 1.54) is 6.42 Å². The first-order valence-corrected chi connectivity index (χ1v) is 10.5. The van der Waals surface area contributed by atoms with Crippen LogP contribution >= 0.6 is 0 Å². The molecular formula is C22H22N8. The molecule has 8 nitrogen and oxygen atoms in total. The fourth-order valence-electron chi connectivity index (χ4n) is 4.94. The van der Waals surface area contributed by atoms with E-state index in [0.29, 0.717) is 5.95 Å². The number of rotatable bonds is 3. The summed E-state index contributed by atoms with van der Waals surface area (Å²) in [4.78, 5) is 16.7. The van der Waals surface area contributed by atoms with E-state index in [0.717, 1.165) is 54.5 Å². The summed E-state index contributed by atoms with van der Waals surface area (Å²) in [6.45, 7) is 3.19. The Kier molecular flexibility index (Phi) is 3.74. The molecule has 2 aliphatic rings. The summed E-state index contributed by atoms with van der Waals surface area (Å²) in [5, 5.41) is 8.74. The highest BCUT2D eigenvalue weighted by Gasteiger charge is 2.47. The predicted octanol–water partition coefficient (Wildman–Crippen LogP) is 3.52. The summed E-state index contributed by atoms with van der Waals surface area (Å²) in [5.74, 6) is 3.40. The van der Waals surface area contributed by atoms with E-state index in [-0.39, 0.29) is 5.54 Å². The third-order valence-corrected chi connectivity index (χ3v) is 6.43. The monoisotopic (exact) mass is 398 g/mol. The van der Waals surface area contributed by atoms with Gasteiger partial charge in [0.15, 0.2) is 11.6 Å². The van der Waals surface area contributed by atoms with Crippen LogP contribution in [0.4, 0.5) is 5.82 Å². The second kappa shape index (κ2) is 6.48. The first kappa shape index (κ1) is 17.3. The van der Waals surface area contributed by atoms with E-state index in [1.54, 1.807) is 12.5 Å². The quantitative estimate of drug-likeness (QED) is 0.525. The van der Waals surface area contributed by atoms with Crippen molar-refractivity contribution >= 4 is 5.82 Å². The van der Waals surface area contributed by atoms with Gasteiger partial charge >= 0.3 is 0 Å². The molecule has 0 amide bonds. The van der Waals surface area contributed by atoms with Crippen molar-refractivity contribution in [3.63, 3.8) is 0 Å². The number of imidazole rings is 1. The first-order chi connectivity index (χ1) is 14.8. The molecule has 0 N–H and O–H groups in total. The predicted molar refractivity (Wildman–Crippen MR) is 113 cm³/mol. The van der Waals surface area contributed by atoms with E-state index in [4.69, 9.17) is 9.97 Å². The second-order valence-corrected chi connectivity index (χ2v) is 7.88. The number of aromatic nitrogens is 7. The molecule has 6 rings (SSSR count). The Bertz CT molecular complexity index is 1210. The minimum Gasteiger partial charge on any atom is -0.342 e. The van der Waals surface area contributed by atoms with Crippen molar-refractivity contribution < 1.29 is 0 Å². The van der Waals surface area contributed by atoms with Gasteiger partial charge in [-0.2, -0.15) is 4.98 Å². The molecule has 0 aliphatic carbocycles. The number of piperidine rings is 1. The highest BCUT2D eigenvalue weighted by molar-refractivity contribution is 5.65. The Labute approximate surface area is 174 Å². The van der Waals surface area contributed by atoms with Gasteiger partial charge < -0.3 is 4.90 Å². The number of hydrogen-bond acceptors (Lipinski definition) is 6. The van der Waals surface area contributed by atoms with Crippen molar-refractivity contribution in [3.05, 3.63) is 61.1 Å². The smallest absolute Gasteiger partial charge is 0.237 e. The van der Waals surface area contributed by atoms with Gasteiger partial charge in [-0.05, 0) is 25.7 Å². The van der Waals surface area contributed by atoms with Crippen LogP contribution < -0.4 is 4.90 Å². The molecule has 5 heterocycles. The third-order valence-electron chi connectivity index (χ3n) is 6.43. The first-order valence-electron chi connectivity index (χ1n) is 10.5. The van der Waals surface area contributed by atoms with Gasteiger partial charge in [0, 0.05) is 24.5 Å². The van der Waals surface area contributed by atoms with E-state index in [2.05, 4.69) is 31.6 Å². The van der Waals surface area contributed by atoms with Crippen LogP contribution in [0.3, 0.4) is 0 Å². The summed E-state index contributed by atoms with van der Waals surface area (Å²) in [6, 6.07) is 10.1. The molecule has 0 saturated carbocycles. The van der Waals surface area contributed by atoms with Crippen LogP contribution in [0.25, 0.3) is 23.0 Å². The molecule has 1 saturated heterocycles. The molecule has 150 valence electrons. The van der Waals surface area contributed by atoms with E-state index in [9.17, 15) is 0 Å². The van der Waals surface area contributed by atoms with Crippen LogP contribution in [-0.2, 0) is 5.54 Å². The average Bonchev–Trinajstić information content (AvgIpc) is 3.50. The van der Waals surface area contributed by atoms with Crippen LogP contribution in [-0.4, -0.2) is 40.8 Å². The average molecular weight is 398 g/mol. The normalized spacial score (nSPS) is 19.8. The second-order valence-electron chi connectivity index (χ2n) is 7.88. The number of fused-ring (bicyclic) bond motifs is 6. The standard InChI is InChI=1S/C22H22N8/c1-2-22-10-6-7-12-30(22)19-17(29-15-25-27-20(22)29)14-24-21(26-19)28-13-11-23-18(28)16-8-4-3-5-9-16/h3-5,8-9,11,13-15H,2,6-7,10,12H2,1H3/t22-/m0/s1. The Morgan fingerprint density at radius 1 is 1.07 bits per heavy atom. The van der Waals surface area contributed by atoms with Crippen molar-refractivity contribution in [2.75, 3.05) is 11.4 Å². The van der Waals surface area contributed by atoms with Gasteiger partial charge in [0.1, 0.15) is 23.4 Å². The lowest BCUT2D eigenvalue weighted by atomic mass is 9.82. The molecule has 2 aliphatic heterocycles. The summed E-state index contributed by atoms with van der Waals surface area (Å²) in [7, 11) is 0. The van der Waals surface area contributed by atoms with E-state index < -0.39 is 0 Å². The molecule has 0 unspecified atom stereocenters. The lowest BCUT2D eigenvalue weighted by molar-refractivity contribution is 0.274. The van der Waals surface area contributed by atoms with Crippen molar-refractivity contribution in [1.82, 2.24) is 34.3 Å². The van der Waals surface area contributed by atoms with Gasteiger partial charge in [-0.15, -0.1) is 10.2 Å². The molecule has 1 fully saturated rings. The Balaban J connectivity index is 1.53. The Hall–Kier alpha value is -3.55. The molecular weight excluding hydrogens is 376 g/mol. The largest absolute Gasteiger partial charge is 0.342 e. The van der Waals surface area contributed by atoms with Crippen LogP contribution in [0.15, 0.2) is 55.2 Å². The highest BCUT2D eigenvalue weighted by Crippen LogP contribution is 2.47. The third kappa shape index (κ3) is 2.30. The lowest BCUT2D eigenvalue weighted by Gasteiger charge is -2.49. The lowest BCUT2D eigenvalue weighted by Crippen LogP contribution is -2.53. The SMILES string of the molecule is CC[C@@]12CCCCN1c1nc(-n3ccnc3-c3ccccc3)ncc1-n1cnnc12. The molecule has 30 heavy (non-hydrogen) atoms. The van der Waals surface area contributed by atoms with Crippen molar-refractivity contribution in [2.24, 2.45) is 0 Å². The number of anilines is 1. The number of nitrogens with zero attached hydrogens (tertiary/aromatic N) is 8. The molecule has 0 spiro atoms. The van der Waals surface area contributed by atoms with Crippen LogP contribution in [0.1, 0.15) is 38.4 Å². The fraction of sp³-hybridized carbons (Fsp3) is 0.318. The topological polar surface area (TPSA) is 77.5 Å². The highest BCUT2D eigenvalue weighted by atomic mass is 15.4. The van der Waals surface area contributed by atoms with Crippen LogP contribution in [0.5, 0.6) is 0 Å². The van der Waals surface area contributed by atoms with Gasteiger partial charge in [-0.3, -0.25) is 9.13 Å². The Morgan fingerprint density at radius 3 is 2.83 bits per heavy atom. The maximum atomic E-state index is 5.06. The maximum absolute atomic E-state index is 5.06. The van der Waals surface area contributed by atoms with E-state index in [1.807, 2.05) is 47.3 Å². The zero-order chi connectivity index (χ0) is 20.1. The number of hydrogen-bond donors (Lipinski definition) is 0. The van der Waals surface area contributed by atoms with Crippen molar-refractivity contribution in [1.29, 1.82) is 0 Å². The maximum Gasteiger partial charge on any atom is 0.237 e. The van der Waals surface area contributed by atoms with Crippen molar-refractivity contribution in [3.8, 4) is 23.0 Å². The molecule has 3 aromatic heterocycles. The molecule has 0 bridgehead atoms.